The first-order chi connectivity index (χ1) is 13.2. The van der Waals surface area contributed by atoms with Crippen LogP contribution in [0.15, 0.2) is 29.2 Å². The van der Waals surface area contributed by atoms with Crippen LogP contribution >= 0.6 is 0 Å². The second kappa shape index (κ2) is 9.65. The molecule has 28 heavy (non-hydrogen) atoms. The molecule has 1 aliphatic heterocycles. The summed E-state index contributed by atoms with van der Waals surface area (Å²) in [6.45, 7) is 2.17. The third-order valence-electron chi connectivity index (χ3n) is 4.46. The second-order valence-electron chi connectivity index (χ2n) is 6.54. The van der Waals surface area contributed by atoms with Gasteiger partial charge >= 0.3 is 11.9 Å². The van der Waals surface area contributed by atoms with E-state index in [1.807, 2.05) is 0 Å². The van der Waals surface area contributed by atoms with E-state index in [0.717, 1.165) is 12.8 Å². The molecule has 0 saturated carbocycles. The Kier molecular flexibility index (Phi) is 7.53. The summed E-state index contributed by atoms with van der Waals surface area (Å²) in [5.74, 6) is -1.55. The maximum Gasteiger partial charge on any atom is 0.338 e. The number of hydrogen-bond donors (Lipinski definition) is 1. The first-order valence-corrected chi connectivity index (χ1v) is 10.3. The van der Waals surface area contributed by atoms with Crippen molar-refractivity contribution >= 4 is 27.9 Å². The van der Waals surface area contributed by atoms with Gasteiger partial charge in [0.25, 0.3) is 5.91 Å². The molecule has 0 unspecified atom stereocenters. The van der Waals surface area contributed by atoms with Crippen molar-refractivity contribution in [1.29, 1.82) is 0 Å². The number of amides is 1. The van der Waals surface area contributed by atoms with Gasteiger partial charge in [-0.05, 0) is 43.0 Å². The summed E-state index contributed by atoms with van der Waals surface area (Å²) in [7, 11) is -2.41. The van der Waals surface area contributed by atoms with Crippen molar-refractivity contribution in [2.24, 2.45) is 5.92 Å². The molecule has 154 valence electrons. The Balaban J connectivity index is 1.91. The first-order valence-electron chi connectivity index (χ1n) is 8.85. The van der Waals surface area contributed by atoms with Gasteiger partial charge in [-0.15, -0.1) is 0 Å². The summed E-state index contributed by atoms with van der Waals surface area (Å²) >= 11 is 0. The summed E-state index contributed by atoms with van der Waals surface area (Å²) in [6.07, 6.45) is 1.64. The third kappa shape index (κ3) is 5.77. The largest absolute Gasteiger partial charge is 0.468 e. The first kappa shape index (κ1) is 21.8. The van der Waals surface area contributed by atoms with Crippen molar-refractivity contribution in [2.75, 3.05) is 33.4 Å². The van der Waals surface area contributed by atoms with Crippen LogP contribution in [0, 0.1) is 5.92 Å². The number of hydrogen-bond acceptors (Lipinski definition) is 7. The van der Waals surface area contributed by atoms with Crippen LogP contribution < -0.4 is 5.32 Å². The van der Waals surface area contributed by atoms with Gasteiger partial charge in [0.1, 0.15) is 6.54 Å². The van der Waals surface area contributed by atoms with E-state index in [-0.39, 0.29) is 17.0 Å². The van der Waals surface area contributed by atoms with Gasteiger partial charge in [-0.1, -0.05) is 6.92 Å². The fourth-order valence-electron chi connectivity index (χ4n) is 2.65. The smallest absolute Gasteiger partial charge is 0.338 e. The monoisotopic (exact) mass is 412 g/mol. The van der Waals surface area contributed by atoms with E-state index in [9.17, 15) is 22.8 Å². The third-order valence-corrected chi connectivity index (χ3v) is 6.38. The molecule has 1 N–H and O–H groups in total. The predicted octanol–water partition coefficient (Wildman–Crippen LogP) is 0.553. The summed E-state index contributed by atoms with van der Waals surface area (Å²) in [5, 5.41) is 2.23. The van der Waals surface area contributed by atoms with Crippen molar-refractivity contribution < 1.29 is 32.3 Å². The number of nitrogens with one attached hydrogen (secondary N) is 1. The Hall–Kier alpha value is -2.46. The van der Waals surface area contributed by atoms with Crippen LogP contribution in [0.1, 0.15) is 30.1 Å². The van der Waals surface area contributed by atoms with Crippen LogP contribution in [-0.2, 0) is 29.1 Å². The van der Waals surface area contributed by atoms with E-state index < -0.39 is 34.5 Å². The standard InChI is InChI=1S/C18H24N2O7S/c1-13-7-9-20(10-8-13)28(24,25)15-5-3-14(4-6-15)18(23)27-12-16(21)19-11-17(22)26-2/h3-6,13H,7-12H2,1-2H3,(H,19,21). The van der Waals surface area contributed by atoms with E-state index in [1.54, 1.807) is 0 Å². The average Bonchev–Trinajstić information content (AvgIpc) is 2.70. The highest BCUT2D eigenvalue weighted by atomic mass is 32.2. The Morgan fingerprint density at radius 2 is 1.75 bits per heavy atom. The van der Waals surface area contributed by atoms with Crippen LogP contribution in [-0.4, -0.2) is 63.9 Å². The summed E-state index contributed by atoms with van der Waals surface area (Å²) in [4.78, 5) is 34.5. The van der Waals surface area contributed by atoms with Crippen molar-refractivity contribution in [3.05, 3.63) is 29.8 Å². The number of methoxy groups -OCH3 is 1. The predicted molar refractivity (Wildman–Crippen MR) is 98.9 cm³/mol. The Labute approximate surface area is 164 Å². The lowest BCUT2D eigenvalue weighted by Crippen LogP contribution is -2.37. The van der Waals surface area contributed by atoms with Gasteiger partial charge in [0.05, 0.1) is 17.6 Å². The fourth-order valence-corrected chi connectivity index (χ4v) is 4.12. The van der Waals surface area contributed by atoms with Gasteiger partial charge in [0, 0.05) is 13.1 Å². The number of sulfonamides is 1. The molecule has 1 aromatic rings. The molecule has 10 heteroatoms. The lowest BCUT2D eigenvalue weighted by molar-refractivity contribution is -0.141. The lowest BCUT2D eigenvalue weighted by Gasteiger charge is -2.29. The molecule has 2 rings (SSSR count). The molecule has 0 bridgehead atoms. The molecule has 1 aliphatic rings. The molecule has 1 aromatic carbocycles. The van der Waals surface area contributed by atoms with Crippen molar-refractivity contribution in [3.63, 3.8) is 0 Å². The highest BCUT2D eigenvalue weighted by Crippen LogP contribution is 2.23. The Morgan fingerprint density at radius 1 is 1.14 bits per heavy atom. The fraction of sp³-hybridized carbons (Fsp3) is 0.500. The summed E-state index contributed by atoms with van der Waals surface area (Å²) < 4.78 is 36.0. The minimum atomic E-state index is -3.60. The van der Waals surface area contributed by atoms with Crippen molar-refractivity contribution in [2.45, 2.75) is 24.7 Å². The number of carbonyl (C=O) groups excluding carboxylic acids is 3. The number of rotatable bonds is 7. The molecule has 0 spiro atoms. The molecular formula is C18H24N2O7S. The number of ether oxygens (including phenoxy) is 2. The molecule has 1 saturated heterocycles. The molecular weight excluding hydrogens is 388 g/mol. The number of benzene rings is 1. The quantitative estimate of drug-likeness (QED) is 0.650. The van der Waals surface area contributed by atoms with Gasteiger partial charge < -0.3 is 14.8 Å². The van der Waals surface area contributed by atoms with E-state index in [4.69, 9.17) is 4.74 Å². The Bertz CT molecular complexity index is 813. The molecule has 1 amide bonds. The minimum absolute atomic E-state index is 0.106. The van der Waals surface area contributed by atoms with Gasteiger partial charge in [0.15, 0.2) is 6.61 Å². The number of piperidine rings is 1. The van der Waals surface area contributed by atoms with Crippen LogP contribution in [0.5, 0.6) is 0 Å². The SMILES string of the molecule is COC(=O)CNC(=O)COC(=O)c1ccc(S(=O)(=O)N2CCC(C)CC2)cc1. The summed E-state index contributed by atoms with van der Waals surface area (Å²) in [5.41, 5.74) is 0.118. The van der Waals surface area contributed by atoms with Gasteiger partial charge in [-0.2, -0.15) is 4.31 Å². The lowest BCUT2D eigenvalue weighted by atomic mass is 10.0. The second-order valence-corrected chi connectivity index (χ2v) is 8.48. The highest BCUT2D eigenvalue weighted by Gasteiger charge is 2.28. The molecule has 1 heterocycles. The van der Waals surface area contributed by atoms with Crippen LogP contribution in [0.2, 0.25) is 0 Å². The van der Waals surface area contributed by atoms with E-state index in [2.05, 4.69) is 17.0 Å². The zero-order valence-electron chi connectivity index (χ0n) is 15.8. The number of nitrogens with zero attached hydrogens (tertiary/aromatic N) is 1. The van der Waals surface area contributed by atoms with E-state index in [0.29, 0.717) is 19.0 Å². The minimum Gasteiger partial charge on any atom is -0.468 e. The zero-order valence-corrected chi connectivity index (χ0v) is 16.7. The summed E-state index contributed by atoms with van der Waals surface area (Å²) in [6, 6.07) is 5.38. The Morgan fingerprint density at radius 3 is 2.32 bits per heavy atom. The van der Waals surface area contributed by atoms with Gasteiger partial charge in [-0.3, -0.25) is 9.59 Å². The van der Waals surface area contributed by atoms with E-state index >= 15 is 0 Å². The molecule has 0 aliphatic carbocycles. The maximum absolute atomic E-state index is 12.7. The van der Waals surface area contributed by atoms with Crippen molar-refractivity contribution in [3.8, 4) is 0 Å². The molecule has 0 atom stereocenters. The number of carbonyl (C=O) groups is 3. The van der Waals surface area contributed by atoms with Crippen molar-refractivity contribution in [1.82, 2.24) is 9.62 Å². The van der Waals surface area contributed by atoms with Gasteiger partial charge in [-0.25, -0.2) is 13.2 Å². The number of esters is 2. The topological polar surface area (TPSA) is 119 Å². The highest BCUT2D eigenvalue weighted by molar-refractivity contribution is 7.89. The van der Waals surface area contributed by atoms with Crippen LogP contribution in [0.4, 0.5) is 0 Å². The van der Waals surface area contributed by atoms with Gasteiger partial charge in [0.2, 0.25) is 10.0 Å². The molecule has 0 aromatic heterocycles. The molecule has 9 nitrogen and oxygen atoms in total. The molecule has 0 radical (unpaired) electrons. The van der Waals surface area contributed by atoms with Crippen LogP contribution in [0.3, 0.4) is 0 Å². The maximum atomic E-state index is 12.7. The zero-order chi connectivity index (χ0) is 20.7. The average molecular weight is 412 g/mol. The van der Waals surface area contributed by atoms with E-state index in [1.165, 1.54) is 35.7 Å². The van der Waals surface area contributed by atoms with Crippen LogP contribution in [0.25, 0.3) is 0 Å². The molecule has 1 fully saturated rings. The normalized spacial score (nSPS) is 15.6.